The number of carbonyl (C=O) groups is 1. The summed E-state index contributed by atoms with van der Waals surface area (Å²) in [4.78, 5) is 11.3. The Morgan fingerprint density at radius 1 is 1.38 bits per heavy atom. The number of rotatable bonds is 4. The average Bonchev–Trinajstić information content (AvgIpc) is 2.22. The summed E-state index contributed by atoms with van der Waals surface area (Å²) in [6.07, 6.45) is 0. The van der Waals surface area contributed by atoms with Gasteiger partial charge in [-0.05, 0) is 37.5 Å². The molecular formula is C13H19NO2. The summed E-state index contributed by atoms with van der Waals surface area (Å²) in [6.45, 7) is 6.22. The Morgan fingerprint density at radius 3 is 2.62 bits per heavy atom. The molecule has 1 atom stereocenters. The van der Waals surface area contributed by atoms with Crippen LogP contribution >= 0.6 is 0 Å². The van der Waals surface area contributed by atoms with Gasteiger partial charge in [-0.3, -0.25) is 4.79 Å². The summed E-state index contributed by atoms with van der Waals surface area (Å²) in [5, 5.41) is 2.88. The molecule has 0 aliphatic heterocycles. The fourth-order valence-corrected chi connectivity index (χ4v) is 1.53. The number of hydrogen-bond donors (Lipinski definition) is 1. The van der Waals surface area contributed by atoms with Crippen molar-refractivity contribution in [1.29, 1.82) is 0 Å². The Hall–Kier alpha value is -1.35. The van der Waals surface area contributed by atoms with E-state index in [2.05, 4.69) is 31.3 Å². The van der Waals surface area contributed by atoms with E-state index < -0.39 is 0 Å². The maximum absolute atomic E-state index is 11.3. The van der Waals surface area contributed by atoms with Crippen molar-refractivity contribution in [3.63, 3.8) is 0 Å². The van der Waals surface area contributed by atoms with Gasteiger partial charge in [0.2, 0.25) is 5.91 Å². The molecule has 0 unspecified atom stereocenters. The maximum Gasteiger partial charge on any atom is 0.246 e. The van der Waals surface area contributed by atoms with E-state index in [4.69, 9.17) is 4.74 Å². The fourth-order valence-electron chi connectivity index (χ4n) is 1.53. The van der Waals surface area contributed by atoms with Crippen LogP contribution in [0.4, 0.5) is 0 Å². The predicted molar refractivity (Wildman–Crippen MR) is 64.3 cm³/mol. The Labute approximate surface area is 96.8 Å². The lowest BCUT2D eigenvalue weighted by Gasteiger charge is -2.15. The molecular weight excluding hydrogens is 202 g/mol. The second-order valence-electron chi connectivity index (χ2n) is 4.07. The predicted octanol–water partition coefficient (Wildman–Crippen LogP) is 2.13. The van der Waals surface area contributed by atoms with Crippen LogP contribution in [0, 0.1) is 13.8 Å². The van der Waals surface area contributed by atoms with E-state index in [0.29, 0.717) is 0 Å². The van der Waals surface area contributed by atoms with Gasteiger partial charge in [0.1, 0.15) is 6.61 Å². The van der Waals surface area contributed by atoms with Gasteiger partial charge in [0.25, 0.3) is 0 Å². The number of ether oxygens (including phenoxy) is 1. The molecule has 0 aliphatic rings. The Balaban J connectivity index is 2.69. The molecule has 1 N–H and O–H groups in total. The lowest BCUT2D eigenvalue weighted by Crippen LogP contribution is -2.29. The fraction of sp³-hybridized carbons (Fsp3) is 0.462. The molecule has 0 aromatic heterocycles. The smallest absolute Gasteiger partial charge is 0.246 e. The van der Waals surface area contributed by atoms with Gasteiger partial charge in [-0.15, -0.1) is 0 Å². The van der Waals surface area contributed by atoms with Crippen LogP contribution in [0.3, 0.4) is 0 Å². The number of nitrogens with one attached hydrogen (secondary N) is 1. The molecule has 0 aliphatic carbocycles. The minimum absolute atomic E-state index is 0.0157. The first-order valence-corrected chi connectivity index (χ1v) is 5.40. The van der Waals surface area contributed by atoms with Crippen LogP contribution in [0.25, 0.3) is 0 Å². The number of methoxy groups -OCH3 is 1. The molecule has 0 bridgehead atoms. The van der Waals surface area contributed by atoms with E-state index in [1.54, 1.807) is 0 Å². The first-order valence-electron chi connectivity index (χ1n) is 5.40. The molecule has 0 saturated carbocycles. The van der Waals surface area contributed by atoms with Crippen LogP contribution in [0.15, 0.2) is 18.2 Å². The van der Waals surface area contributed by atoms with Crippen molar-refractivity contribution in [3.05, 3.63) is 34.9 Å². The minimum Gasteiger partial charge on any atom is -0.375 e. The molecule has 88 valence electrons. The molecule has 0 radical (unpaired) electrons. The SMILES string of the molecule is COCC(=O)N[C@H](C)c1ccc(C)c(C)c1. The summed E-state index contributed by atoms with van der Waals surface area (Å²) in [5.41, 5.74) is 3.62. The third-order valence-electron chi connectivity index (χ3n) is 2.68. The highest BCUT2D eigenvalue weighted by Crippen LogP contribution is 2.16. The molecule has 0 saturated heterocycles. The van der Waals surface area contributed by atoms with E-state index in [1.807, 2.05) is 13.0 Å². The summed E-state index contributed by atoms with van der Waals surface area (Å²) in [5.74, 6) is -0.0896. The zero-order valence-corrected chi connectivity index (χ0v) is 10.3. The van der Waals surface area contributed by atoms with Gasteiger partial charge >= 0.3 is 0 Å². The van der Waals surface area contributed by atoms with Gasteiger partial charge in [-0.25, -0.2) is 0 Å². The normalized spacial score (nSPS) is 12.2. The lowest BCUT2D eigenvalue weighted by atomic mass is 10.0. The average molecular weight is 221 g/mol. The van der Waals surface area contributed by atoms with E-state index >= 15 is 0 Å². The second kappa shape index (κ2) is 5.66. The van der Waals surface area contributed by atoms with E-state index in [9.17, 15) is 4.79 Å². The largest absolute Gasteiger partial charge is 0.375 e. The second-order valence-corrected chi connectivity index (χ2v) is 4.07. The van der Waals surface area contributed by atoms with Crippen molar-refractivity contribution in [2.24, 2.45) is 0 Å². The maximum atomic E-state index is 11.3. The van der Waals surface area contributed by atoms with Crippen molar-refractivity contribution in [1.82, 2.24) is 5.32 Å². The first kappa shape index (κ1) is 12.7. The van der Waals surface area contributed by atoms with Gasteiger partial charge in [-0.2, -0.15) is 0 Å². The van der Waals surface area contributed by atoms with Gasteiger partial charge in [0.15, 0.2) is 0 Å². The number of hydrogen-bond acceptors (Lipinski definition) is 2. The zero-order valence-electron chi connectivity index (χ0n) is 10.3. The van der Waals surface area contributed by atoms with Crippen LogP contribution in [-0.2, 0) is 9.53 Å². The number of aryl methyl sites for hydroxylation is 2. The van der Waals surface area contributed by atoms with Gasteiger partial charge < -0.3 is 10.1 Å². The van der Waals surface area contributed by atoms with Crippen LogP contribution in [0.2, 0.25) is 0 Å². The molecule has 0 heterocycles. The Bertz CT molecular complexity index is 374. The number of benzene rings is 1. The molecule has 0 fully saturated rings. The monoisotopic (exact) mass is 221 g/mol. The van der Waals surface area contributed by atoms with Crippen molar-refractivity contribution >= 4 is 5.91 Å². The highest BCUT2D eigenvalue weighted by molar-refractivity contribution is 5.77. The lowest BCUT2D eigenvalue weighted by molar-refractivity contribution is -0.125. The van der Waals surface area contributed by atoms with E-state index in [0.717, 1.165) is 5.56 Å². The summed E-state index contributed by atoms with van der Waals surface area (Å²) < 4.78 is 4.77. The Morgan fingerprint density at radius 2 is 2.06 bits per heavy atom. The topological polar surface area (TPSA) is 38.3 Å². The summed E-state index contributed by atoms with van der Waals surface area (Å²) in [7, 11) is 1.51. The number of amides is 1. The highest BCUT2D eigenvalue weighted by Gasteiger charge is 2.09. The van der Waals surface area contributed by atoms with E-state index in [-0.39, 0.29) is 18.6 Å². The molecule has 1 rings (SSSR count). The molecule has 1 aromatic rings. The molecule has 3 nitrogen and oxygen atoms in total. The standard InChI is InChI=1S/C13H19NO2/c1-9-5-6-12(7-10(9)2)11(3)14-13(15)8-16-4/h5-7,11H,8H2,1-4H3,(H,14,15)/t11-/m1/s1. The van der Waals surface area contributed by atoms with Crippen molar-refractivity contribution < 1.29 is 9.53 Å². The van der Waals surface area contributed by atoms with Gasteiger partial charge in [0.05, 0.1) is 6.04 Å². The number of carbonyl (C=O) groups excluding carboxylic acids is 1. The summed E-state index contributed by atoms with van der Waals surface area (Å²) in [6, 6.07) is 6.23. The highest BCUT2D eigenvalue weighted by atomic mass is 16.5. The van der Waals surface area contributed by atoms with E-state index in [1.165, 1.54) is 18.2 Å². The third-order valence-corrected chi connectivity index (χ3v) is 2.68. The summed E-state index contributed by atoms with van der Waals surface area (Å²) >= 11 is 0. The molecule has 3 heteroatoms. The van der Waals surface area contributed by atoms with Crippen molar-refractivity contribution in [3.8, 4) is 0 Å². The van der Waals surface area contributed by atoms with Crippen molar-refractivity contribution in [2.75, 3.05) is 13.7 Å². The molecule has 0 spiro atoms. The van der Waals surface area contributed by atoms with Crippen LogP contribution < -0.4 is 5.32 Å². The van der Waals surface area contributed by atoms with Crippen LogP contribution in [0.1, 0.15) is 29.7 Å². The van der Waals surface area contributed by atoms with Crippen LogP contribution in [0.5, 0.6) is 0 Å². The third kappa shape index (κ3) is 3.35. The Kier molecular flexibility index (Phi) is 4.50. The molecule has 16 heavy (non-hydrogen) atoms. The molecule has 1 aromatic carbocycles. The molecule has 1 amide bonds. The van der Waals surface area contributed by atoms with Gasteiger partial charge in [0, 0.05) is 7.11 Å². The minimum atomic E-state index is -0.0896. The first-order chi connectivity index (χ1) is 7.54. The van der Waals surface area contributed by atoms with Gasteiger partial charge in [-0.1, -0.05) is 18.2 Å². The van der Waals surface area contributed by atoms with Crippen LogP contribution in [-0.4, -0.2) is 19.6 Å². The van der Waals surface area contributed by atoms with Crippen molar-refractivity contribution in [2.45, 2.75) is 26.8 Å². The zero-order chi connectivity index (χ0) is 12.1. The quantitative estimate of drug-likeness (QED) is 0.845.